The van der Waals surface area contributed by atoms with Gasteiger partial charge in [-0.1, -0.05) is 22.0 Å². The van der Waals surface area contributed by atoms with Crippen LogP contribution in [0.1, 0.15) is 0 Å². The molecule has 6 heteroatoms. The highest BCUT2D eigenvalue weighted by Gasteiger charge is 2.15. The van der Waals surface area contributed by atoms with Crippen molar-refractivity contribution in [2.45, 2.75) is 0 Å². The van der Waals surface area contributed by atoms with Gasteiger partial charge < -0.3 is 4.42 Å². The van der Waals surface area contributed by atoms with E-state index in [1.165, 1.54) is 11.3 Å². The molecule has 4 aromatic rings. The molecule has 0 atom stereocenters. The van der Waals surface area contributed by atoms with E-state index >= 15 is 0 Å². The van der Waals surface area contributed by atoms with Crippen molar-refractivity contribution in [2.75, 3.05) is 0 Å². The maximum atomic E-state index is 12.4. The summed E-state index contributed by atoms with van der Waals surface area (Å²) in [5, 5.41) is 4.52. The quantitative estimate of drug-likeness (QED) is 0.460. The summed E-state index contributed by atoms with van der Waals surface area (Å²) >= 11 is 6.45. The highest BCUT2D eigenvalue weighted by molar-refractivity contribution is 9.10. The zero-order valence-corrected chi connectivity index (χ0v) is 14.3. The number of halogens is 1. The minimum Gasteiger partial charge on any atom is -0.403 e. The van der Waals surface area contributed by atoms with Crippen LogP contribution in [-0.2, 0) is 0 Å². The number of fused-ring (bicyclic) bond motifs is 1. The summed E-state index contributed by atoms with van der Waals surface area (Å²) < 4.78 is 6.41. The lowest BCUT2D eigenvalue weighted by atomic mass is 10.2. The van der Waals surface area contributed by atoms with Crippen molar-refractivity contribution < 1.29 is 4.42 Å². The summed E-state index contributed by atoms with van der Waals surface area (Å²) in [4.78, 5) is 18.7. The van der Waals surface area contributed by atoms with E-state index in [9.17, 15) is 4.79 Å². The van der Waals surface area contributed by atoms with E-state index in [0.717, 1.165) is 20.5 Å². The average molecular weight is 390 g/mol. The van der Waals surface area contributed by atoms with Crippen molar-refractivity contribution in [1.29, 1.82) is 0 Å². The molecule has 108 valence electrons. The fourth-order valence-electron chi connectivity index (χ4n) is 2.21. The number of aromatic nitrogens is 1. The monoisotopic (exact) mass is 389 g/mol. The molecule has 0 saturated carbocycles. The molecule has 3 heterocycles. The molecule has 3 nitrogen and oxygen atoms in total. The van der Waals surface area contributed by atoms with Crippen molar-refractivity contribution in [3.63, 3.8) is 0 Å². The van der Waals surface area contributed by atoms with Crippen LogP contribution in [0.5, 0.6) is 0 Å². The zero-order chi connectivity index (χ0) is 15.1. The van der Waals surface area contributed by atoms with Gasteiger partial charge in [-0.15, -0.1) is 22.7 Å². The molecule has 4 rings (SSSR count). The van der Waals surface area contributed by atoms with E-state index in [2.05, 4.69) is 20.9 Å². The Morgan fingerprint density at radius 3 is 2.64 bits per heavy atom. The van der Waals surface area contributed by atoms with Crippen LogP contribution in [0.25, 0.3) is 32.1 Å². The Bertz CT molecular complexity index is 1000. The van der Waals surface area contributed by atoms with Gasteiger partial charge in [0.2, 0.25) is 5.89 Å². The van der Waals surface area contributed by atoms with Gasteiger partial charge in [-0.05, 0) is 35.7 Å². The molecule has 0 aliphatic rings. The third-order valence-corrected chi connectivity index (χ3v) is 5.55. The number of hydrogen-bond donors (Lipinski definition) is 0. The second-order valence-electron chi connectivity index (χ2n) is 4.62. The van der Waals surface area contributed by atoms with Crippen LogP contribution in [0.15, 0.2) is 60.8 Å². The van der Waals surface area contributed by atoms with Crippen molar-refractivity contribution in [3.8, 4) is 21.9 Å². The smallest absolute Gasteiger partial charge is 0.348 e. The van der Waals surface area contributed by atoms with Crippen molar-refractivity contribution >= 4 is 48.8 Å². The van der Waals surface area contributed by atoms with Crippen LogP contribution in [0.2, 0.25) is 0 Å². The maximum absolute atomic E-state index is 12.4. The standard InChI is InChI=1S/C16H8BrNO2S2/c17-10-5-3-9(4-6-10)14-18-15-13(16(19)20-14)11(8-22-15)12-2-1-7-21-12/h1-8H. The fraction of sp³-hybridized carbons (Fsp3) is 0. The highest BCUT2D eigenvalue weighted by atomic mass is 79.9. The minimum atomic E-state index is -0.340. The third-order valence-electron chi connectivity index (χ3n) is 3.25. The minimum absolute atomic E-state index is 0.340. The number of benzene rings is 1. The van der Waals surface area contributed by atoms with Crippen molar-refractivity contribution in [3.05, 3.63) is 62.1 Å². The Morgan fingerprint density at radius 2 is 1.91 bits per heavy atom. The largest absolute Gasteiger partial charge is 0.403 e. The van der Waals surface area contributed by atoms with Crippen LogP contribution in [0.4, 0.5) is 0 Å². The van der Waals surface area contributed by atoms with Gasteiger partial charge >= 0.3 is 5.63 Å². The summed E-state index contributed by atoms with van der Waals surface area (Å²) in [6.07, 6.45) is 0. The Labute approximate surface area is 142 Å². The molecule has 0 spiro atoms. The summed E-state index contributed by atoms with van der Waals surface area (Å²) in [7, 11) is 0. The number of hydrogen-bond acceptors (Lipinski definition) is 5. The lowest BCUT2D eigenvalue weighted by molar-refractivity contribution is 0.519. The van der Waals surface area contributed by atoms with E-state index < -0.39 is 0 Å². The number of thiophene rings is 2. The zero-order valence-electron chi connectivity index (χ0n) is 11.1. The molecule has 22 heavy (non-hydrogen) atoms. The first-order valence-corrected chi connectivity index (χ1v) is 9.00. The average Bonchev–Trinajstić information content (AvgIpc) is 3.16. The Morgan fingerprint density at radius 1 is 1.09 bits per heavy atom. The summed E-state index contributed by atoms with van der Waals surface area (Å²) in [6.45, 7) is 0. The molecule has 0 bridgehead atoms. The molecule has 0 aliphatic heterocycles. The van der Waals surface area contributed by atoms with Crippen LogP contribution in [-0.4, -0.2) is 4.98 Å². The van der Waals surface area contributed by atoms with E-state index in [1.807, 2.05) is 47.2 Å². The Kier molecular flexibility index (Phi) is 3.44. The van der Waals surface area contributed by atoms with Crippen molar-refractivity contribution in [2.24, 2.45) is 0 Å². The Hall–Kier alpha value is -1.76. The molecule has 0 unspecified atom stereocenters. The predicted octanol–water partition coefficient (Wildman–Crippen LogP) is 5.41. The molecule has 0 saturated heterocycles. The maximum Gasteiger partial charge on any atom is 0.348 e. The first-order chi connectivity index (χ1) is 10.7. The van der Waals surface area contributed by atoms with E-state index in [-0.39, 0.29) is 5.63 Å². The molecule has 0 amide bonds. The topological polar surface area (TPSA) is 43.1 Å². The second-order valence-corrected chi connectivity index (χ2v) is 7.34. The molecule has 0 N–H and O–H groups in total. The molecule has 0 fully saturated rings. The third kappa shape index (κ3) is 2.33. The summed E-state index contributed by atoms with van der Waals surface area (Å²) in [5.41, 5.74) is 1.35. The molecule has 0 aliphatic carbocycles. The molecule has 0 radical (unpaired) electrons. The van der Waals surface area contributed by atoms with Gasteiger partial charge in [0.25, 0.3) is 0 Å². The molecule has 1 aromatic carbocycles. The van der Waals surface area contributed by atoms with Gasteiger partial charge in [0.15, 0.2) is 0 Å². The Balaban J connectivity index is 1.92. The predicted molar refractivity (Wildman–Crippen MR) is 94.6 cm³/mol. The van der Waals surface area contributed by atoms with Gasteiger partial charge in [-0.25, -0.2) is 9.78 Å². The van der Waals surface area contributed by atoms with E-state index in [0.29, 0.717) is 16.1 Å². The van der Waals surface area contributed by atoms with Gasteiger partial charge in [-0.2, -0.15) is 0 Å². The number of rotatable bonds is 2. The SMILES string of the molecule is O=c1oc(-c2ccc(Br)cc2)nc2scc(-c3cccs3)c12. The van der Waals surface area contributed by atoms with Gasteiger partial charge in [0.05, 0.1) is 0 Å². The second kappa shape index (κ2) is 5.46. The van der Waals surface area contributed by atoms with Gasteiger partial charge in [-0.3, -0.25) is 0 Å². The van der Waals surface area contributed by atoms with Crippen LogP contribution >= 0.6 is 38.6 Å². The molecular formula is C16H8BrNO2S2. The van der Waals surface area contributed by atoms with E-state index in [1.54, 1.807) is 11.3 Å². The van der Waals surface area contributed by atoms with Gasteiger partial charge in [0, 0.05) is 25.9 Å². The number of nitrogens with zero attached hydrogens (tertiary/aromatic N) is 1. The van der Waals surface area contributed by atoms with Crippen LogP contribution < -0.4 is 5.63 Å². The molecule has 3 aromatic heterocycles. The highest BCUT2D eigenvalue weighted by Crippen LogP contribution is 2.34. The summed E-state index contributed by atoms with van der Waals surface area (Å²) in [5.74, 6) is 0.351. The lowest BCUT2D eigenvalue weighted by Gasteiger charge is -2.00. The van der Waals surface area contributed by atoms with E-state index in [4.69, 9.17) is 4.42 Å². The normalized spacial score (nSPS) is 11.1. The molecular weight excluding hydrogens is 382 g/mol. The van der Waals surface area contributed by atoms with Gasteiger partial charge in [0.1, 0.15) is 10.2 Å². The summed E-state index contributed by atoms with van der Waals surface area (Å²) in [6, 6.07) is 11.5. The first-order valence-electron chi connectivity index (χ1n) is 6.44. The van der Waals surface area contributed by atoms with Crippen LogP contribution in [0.3, 0.4) is 0 Å². The van der Waals surface area contributed by atoms with Crippen molar-refractivity contribution in [1.82, 2.24) is 4.98 Å². The van der Waals surface area contributed by atoms with Crippen LogP contribution in [0, 0.1) is 0 Å². The lowest BCUT2D eigenvalue weighted by Crippen LogP contribution is -2.01. The first kappa shape index (κ1) is 13.9. The fourth-order valence-corrected chi connectivity index (χ4v) is 4.22.